The fourth-order valence-corrected chi connectivity index (χ4v) is 5.77. The summed E-state index contributed by atoms with van der Waals surface area (Å²) in [6.45, 7) is 3.91. The lowest BCUT2D eigenvalue weighted by molar-refractivity contribution is -0.129. The van der Waals surface area contributed by atoms with Gasteiger partial charge >= 0.3 is 6.03 Å². The van der Waals surface area contributed by atoms with Crippen LogP contribution < -0.4 is 10.1 Å². The van der Waals surface area contributed by atoms with Crippen molar-refractivity contribution in [1.29, 1.82) is 0 Å². The zero-order valence-corrected chi connectivity index (χ0v) is 24.2. The summed E-state index contributed by atoms with van der Waals surface area (Å²) in [5.41, 5.74) is 3.78. The molecule has 3 atom stereocenters. The molecule has 1 aliphatic rings. The largest absolute Gasteiger partial charge is 0.491 e. The van der Waals surface area contributed by atoms with Crippen LogP contribution in [0.1, 0.15) is 47.6 Å². The maximum Gasteiger partial charge on any atom is 0.325 e. The molecule has 0 spiro atoms. The first-order valence-electron chi connectivity index (χ1n) is 12.8. The van der Waals surface area contributed by atoms with E-state index >= 15 is 0 Å². The molecule has 1 unspecified atom stereocenters. The minimum absolute atomic E-state index is 0.100. The molecule has 3 amide bonds. The number of carbonyl (C=O) groups excluding carboxylic acids is 2. The molecule has 8 nitrogen and oxygen atoms in total. The number of urea groups is 1. The number of H-pyrrole nitrogens is 1. The average molecular weight is 624 g/mol. The van der Waals surface area contributed by atoms with Crippen LogP contribution >= 0.6 is 27.5 Å². The van der Waals surface area contributed by atoms with E-state index in [4.69, 9.17) is 26.4 Å². The molecule has 3 N–H and O–H groups in total. The lowest BCUT2D eigenvalue weighted by atomic mass is 9.91. The predicted octanol–water partition coefficient (Wildman–Crippen LogP) is 6.31. The Kier molecular flexibility index (Phi) is 8.25. The summed E-state index contributed by atoms with van der Waals surface area (Å²) < 4.78 is 6.28. The van der Waals surface area contributed by atoms with Crippen LogP contribution in [-0.4, -0.2) is 45.1 Å². The number of aliphatic hydroxyl groups excluding tert-OH is 1. The maximum atomic E-state index is 13.9. The van der Waals surface area contributed by atoms with Gasteiger partial charge in [0.25, 0.3) is 5.91 Å². The van der Waals surface area contributed by atoms with Crippen LogP contribution in [0.4, 0.5) is 4.79 Å². The van der Waals surface area contributed by atoms with Crippen LogP contribution in [0.2, 0.25) is 5.02 Å². The molecular formula is C30H28BrClN4O4. The van der Waals surface area contributed by atoms with Gasteiger partial charge in [0.05, 0.1) is 23.0 Å². The number of imide groups is 1. The monoisotopic (exact) mass is 622 g/mol. The zero-order chi connectivity index (χ0) is 28.4. The number of aliphatic hydroxyl groups is 1. The third kappa shape index (κ3) is 5.50. The number of ether oxygens (including phenoxy) is 1. The molecule has 0 aliphatic carbocycles. The number of carbonyl (C=O) groups is 2. The number of aromatic amines is 1. The Morgan fingerprint density at radius 3 is 2.50 bits per heavy atom. The first-order valence-corrected chi connectivity index (χ1v) is 14.0. The molecule has 1 fully saturated rings. The van der Waals surface area contributed by atoms with Crippen molar-refractivity contribution < 1.29 is 19.4 Å². The Bertz CT molecular complexity index is 1530. The van der Waals surface area contributed by atoms with Crippen LogP contribution in [0, 0.1) is 6.92 Å². The first-order chi connectivity index (χ1) is 19.3. The number of hydrogen-bond acceptors (Lipinski definition) is 5. The van der Waals surface area contributed by atoms with Gasteiger partial charge in [-0.25, -0.2) is 9.78 Å². The third-order valence-corrected chi connectivity index (χ3v) is 7.81. The van der Waals surface area contributed by atoms with Gasteiger partial charge in [0.1, 0.15) is 30.3 Å². The maximum absolute atomic E-state index is 13.9. The molecule has 1 aliphatic heterocycles. The van der Waals surface area contributed by atoms with E-state index < -0.39 is 18.1 Å². The fourth-order valence-electron chi connectivity index (χ4n) is 5.00. The zero-order valence-electron chi connectivity index (χ0n) is 21.9. The Labute approximate surface area is 245 Å². The lowest BCUT2D eigenvalue weighted by Gasteiger charge is -2.29. The highest BCUT2D eigenvalue weighted by atomic mass is 79.9. The summed E-state index contributed by atoms with van der Waals surface area (Å²) in [5, 5.41) is 12.4. The molecular weight excluding hydrogens is 596 g/mol. The molecule has 0 radical (unpaired) electrons. The lowest BCUT2D eigenvalue weighted by Crippen LogP contribution is -2.38. The van der Waals surface area contributed by atoms with Gasteiger partial charge in [-0.2, -0.15) is 0 Å². The topological polar surface area (TPSA) is 108 Å². The number of rotatable bonds is 9. The van der Waals surface area contributed by atoms with Crippen LogP contribution in [0.15, 0.2) is 77.3 Å². The van der Waals surface area contributed by atoms with Crippen LogP contribution in [0.3, 0.4) is 0 Å². The number of hydrogen-bond donors (Lipinski definition) is 3. The Morgan fingerprint density at radius 2 is 1.82 bits per heavy atom. The highest BCUT2D eigenvalue weighted by molar-refractivity contribution is 9.10. The van der Waals surface area contributed by atoms with Crippen molar-refractivity contribution in [2.45, 2.75) is 31.8 Å². The van der Waals surface area contributed by atoms with E-state index in [1.54, 1.807) is 24.3 Å². The Hall–Kier alpha value is -3.66. The van der Waals surface area contributed by atoms with Crippen molar-refractivity contribution in [3.05, 3.63) is 105 Å². The third-order valence-electron chi connectivity index (χ3n) is 7.01. The quantitative estimate of drug-likeness (QED) is 0.190. The molecule has 1 saturated heterocycles. The molecule has 1 aromatic heterocycles. The normalized spacial score (nSPS) is 16.6. The van der Waals surface area contributed by atoms with Crippen molar-refractivity contribution in [2.24, 2.45) is 0 Å². The van der Waals surface area contributed by atoms with E-state index in [-0.39, 0.29) is 25.0 Å². The molecule has 0 saturated carbocycles. The van der Waals surface area contributed by atoms with Gasteiger partial charge in [-0.3, -0.25) is 9.69 Å². The number of benzene rings is 3. The van der Waals surface area contributed by atoms with Gasteiger partial charge in [0.2, 0.25) is 0 Å². The number of aromatic nitrogens is 2. The average Bonchev–Trinajstić information content (AvgIpc) is 3.47. The highest BCUT2D eigenvalue weighted by Gasteiger charge is 2.46. The molecule has 3 aromatic carbocycles. The molecule has 40 heavy (non-hydrogen) atoms. The molecule has 4 aromatic rings. The van der Waals surface area contributed by atoms with Crippen molar-refractivity contribution in [2.75, 3.05) is 13.2 Å². The Morgan fingerprint density at radius 1 is 1.10 bits per heavy atom. The van der Waals surface area contributed by atoms with Gasteiger partial charge in [0.15, 0.2) is 0 Å². The van der Waals surface area contributed by atoms with E-state index in [1.807, 2.05) is 62.4 Å². The van der Waals surface area contributed by atoms with Gasteiger partial charge in [0, 0.05) is 16.0 Å². The van der Waals surface area contributed by atoms with Crippen LogP contribution in [-0.2, 0) is 4.79 Å². The number of nitrogens with one attached hydrogen (secondary N) is 2. The van der Waals surface area contributed by atoms with Crippen molar-refractivity contribution in [1.82, 2.24) is 20.2 Å². The second-order valence-electron chi connectivity index (χ2n) is 9.58. The smallest absolute Gasteiger partial charge is 0.325 e. The van der Waals surface area contributed by atoms with E-state index in [0.29, 0.717) is 27.9 Å². The minimum Gasteiger partial charge on any atom is -0.491 e. The number of amides is 3. The summed E-state index contributed by atoms with van der Waals surface area (Å²) >= 11 is 10.00. The summed E-state index contributed by atoms with van der Waals surface area (Å²) in [6.07, 6.45) is 0. The van der Waals surface area contributed by atoms with Gasteiger partial charge in [-0.05, 0) is 42.3 Å². The standard InChI is InChI=1S/C30H28BrClN4O4/c1-17(19-6-4-3-5-7-19)27(28-33-18(2)25(34-28)23-13-10-21(31)16-24(23)32)36-29(38)26(35-30(36)39)20-8-11-22(12-9-20)40-15-14-37/h3-13,16-17,26-27,37H,14-15H2,1-2H3,(H,33,34)(H,35,39)/t17-,26+,27?/m0/s1. The summed E-state index contributed by atoms with van der Waals surface area (Å²) in [4.78, 5) is 36.8. The van der Waals surface area contributed by atoms with E-state index in [2.05, 4.69) is 26.2 Å². The molecule has 2 heterocycles. The SMILES string of the molecule is Cc1nc(C([C@@H](C)c2ccccc2)N2C(=O)N[C@H](c3ccc(OCCO)cc3)C2=O)[nH]c1-c1ccc(Br)cc1Cl. The molecule has 5 rings (SSSR count). The van der Waals surface area contributed by atoms with E-state index in [0.717, 1.165) is 21.3 Å². The second kappa shape index (κ2) is 11.8. The van der Waals surface area contributed by atoms with Crippen LogP contribution in [0.25, 0.3) is 11.3 Å². The second-order valence-corrected chi connectivity index (χ2v) is 10.9. The first kappa shape index (κ1) is 27.9. The van der Waals surface area contributed by atoms with Crippen molar-refractivity contribution in [3.8, 4) is 17.0 Å². The summed E-state index contributed by atoms with van der Waals surface area (Å²) in [7, 11) is 0. The van der Waals surface area contributed by atoms with Crippen LogP contribution in [0.5, 0.6) is 5.75 Å². The van der Waals surface area contributed by atoms with Crippen molar-refractivity contribution >= 4 is 39.5 Å². The van der Waals surface area contributed by atoms with E-state index in [9.17, 15) is 9.59 Å². The number of halogens is 2. The molecule has 10 heteroatoms. The predicted molar refractivity (Wildman–Crippen MR) is 156 cm³/mol. The number of aryl methyl sites for hydroxylation is 1. The molecule has 206 valence electrons. The summed E-state index contributed by atoms with van der Waals surface area (Å²) in [5.74, 6) is 0.397. The summed E-state index contributed by atoms with van der Waals surface area (Å²) in [6, 6.07) is 20.1. The number of nitrogens with zero attached hydrogens (tertiary/aromatic N) is 2. The Balaban J connectivity index is 1.53. The van der Waals surface area contributed by atoms with Gasteiger partial charge in [-0.15, -0.1) is 0 Å². The minimum atomic E-state index is -0.860. The molecule has 0 bridgehead atoms. The fraction of sp³-hybridized carbons (Fsp3) is 0.233. The number of imidazole rings is 1. The highest BCUT2D eigenvalue weighted by Crippen LogP contribution is 2.40. The van der Waals surface area contributed by atoms with Gasteiger partial charge < -0.3 is 20.1 Å². The van der Waals surface area contributed by atoms with E-state index in [1.165, 1.54) is 4.90 Å². The van der Waals surface area contributed by atoms with Crippen molar-refractivity contribution in [3.63, 3.8) is 0 Å². The van der Waals surface area contributed by atoms with Gasteiger partial charge in [-0.1, -0.05) is 83.0 Å².